The van der Waals surface area contributed by atoms with Crippen molar-refractivity contribution in [3.05, 3.63) is 54.0 Å². The highest BCUT2D eigenvalue weighted by molar-refractivity contribution is 7.14. The predicted molar refractivity (Wildman–Crippen MR) is 103 cm³/mol. The Kier molecular flexibility index (Phi) is 4.52. The van der Waals surface area contributed by atoms with Gasteiger partial charge in [-0.1, -0.05) is 30.3 Å². The van der Waals surface area contributed by atoms with Crippen molar-refractivity contribution in [2.24, 2.45) is 0 Å². The first-order chi connectivity index (χ1) is 12.3. The lowest BCUT2D eigenvalue weighted by atomic mass is 10.2. The van der Waals surface area contributed by atoms with Crippen molar-refractivity contribution in [3.8, 4) is 17.0 Å². The van der Waals surface area contributed by atoms with Crippen LogP contribution in [0, 0.1) is 0 Å². The second-order valence-electron chi connectivity index (χ2n) is 5.91. The number of piperazine rings is 1. The molecule has 0 bridgehead atoms. The van der Waals surface area contributed by atoms with Gasteiger partial charge in [0, 0.05) is 49.4 Å². The third-order valence-corrected chi connectivity index (χ3v) is 5.29. The predicted octanol–water partition coefficient (Wildman–Crippen LogP) is 3.54. The van der Waals surface area contributed by atoms with Gasteiger partial charge in [0.2, 0.25) is 0 Å². The first-order valence-corrected chi connectivity index (χ1v) is 9.22. The van der Waals surface area contributed by atoms with Crippen LogP contribution in [0.25, 0.3) is 11.3 Å². The number of rotatable bonds is 4. The zero-order valence-electron chi connectivity index (χ0n) is 14.1. The fourth-order valence-corrected chi connectivity index (χ4v) is 3.87. The zero-order valence-corrected chi connectivity index (χ0v) is 14.9. The molecule has 4 rings (SSSR count). The number of methoxy groups -OCH3 is 1. The van der Waals surface area contributed by atoms with E-state index in [1.165, 1.54) is 5.56 Å². The van der Waals surface area contributed by atoms with Crippen LogP contribution in [-0.4, -0.2) is 43.3 Å². The van der Waals surface area contributed by atoms with Crippen LogP contribution < -0.4 is 14.5 Å². The first kappa shape index (κ1) is 15.9. The number of nitrogens with zero attached hydrogens (tertiary/aromatic N) is 4. The Labute approximate surface area is 151 Å². The van der Waals surface area contributed by atoms with Gasteiger partial charge in [-0.05, 0) is 6.07 Å². The number of hydrogen-bond acceptors (Lipinski definition) is 6. The average Bonchev–Trinajstić information content (AvgIpc) is 3.19. The fraction of sp³-hybridized carbons (Fsp3) is 0.263. The van der Waals surface area contributed by atoms with E-state index in [9.17, 15) is 0 Å². The Morgan fingerprint density at radius 2 is 1.76 bits per heavy atom. The molecule has 1 aliphatic rings. The molecule has 5 nitrogen and oxygen atoms in total. The molecular formula is C19H20N4OS. The minimum atomic E-state index is 0.847. The second-order valence-corrected chi connectivity index (χ2v) is 6.75. The van der Waals surface area contributed by atoms with Gasteiger partial charge in [0.15, 0.2) is 5.13 Å². The van der Waals surface area contributed by atoms with Crippen LogP contribution in [0.1, 0.15) is 0 Å². The van der Waals surface area contributed by atoms with Gasteiger partial charge in [-0.3, -0.25) is 0 Å². The normalized spacial score (nSPS) is 14.6. The maximum Gasteiger partial charge on any atom is 0.185 e. The fourth-order valence-electron chi connectivity index (χ4n) is 2.98. The molecule has 0 aliphatic carbocycles. The molecule has 1 fully saturated rings. The molecule has 25 heavy (non-hydrogen) atoms. The van der Waals surface area contributed by atoms with E-state index in [0.717, 1.165) is 48.6 Å². The van der Waals surface area contributed by atoms with Gasteiger partial charge in [0.05, 0.1) is 12.8 Å². The topological polar surface area (TPSA) is 41.5 Å². The van der Waals surface area contributed by atoms with Crippen LogP contribution in [0.3, 0.4) is 0 Å². The summed E-state index contributed by atoms with van der Waals surface area (Å²) in [6.07, 6.45) is 1.80. The molecule has 3 heterocycles. The van der Waals surface area contributed by atoms with Crippen LogP contribution in [0.15, 0.2) is 54.0 Å². The third-order valence-electron chi connectivity index (χ3n) is 4.39. The summed E-state index contributed by atoms with van der Waals surface area (Å²) >= 11 is 1.71. The molecule has 3 aromatic rings. The monoisotopic (exact) mass is 352 g/mol. The summed E-state index contributed by atoms with van der Waals surface area (Å²) in [4.78, 5) is 13.9. The number of thiazole rings is 1. The van der Waals surface area contributed by atoms with E-state index in [1.807, 2.05) is 30.3 Å². The van der Waals surface area contributed by atoms with E-state index in [2.05, 4.69) is 32.3 Å². The molecule has 1 aliphatic heterocycles. The average molecular weight is 352 g/mol. The standard InChI is InChI=1S/C19H20N4OS/c1-24-16-7-8-20-18(13-16)22-9-11-23(12-10-22)19-21-17(14-25-19)15-5-3-2-4-6-15/h2-8,13-14H,9-12H2,1H3. The van der Waals surface area contributed by atoms with Gasteiger partial charge in [0.25, 0.3) is 0 Å². The number of ether oxygens (including phenoxy) is 1. The Morgan fingerprint density at radius 1 is 1.00 bits per heavy atom. The summed E-state index contributed by atoms with van der Waals surface area (Å²) in [7, 11) is 1.68. The van der Waals surface area contributed by atoms with Crippen LogP contribution in [0.4, 0.5) is 10.9 Å². The number of aromatic nitrogens is 2. The van der Waals surface area contributed by atoms with Crippen LogP contribution in [0.5, 0.6) is 5.75 Å². The summed E-state index contributed by atoms with van der Waals surface area (Å²) in [6.45, 7) is 3.75. The Hall–Kier alpha value is -2.60. The maximum absolute atomic E-state index is 5.30. The quantitative estimate of drug-likeness (QED) is 0.718. The molecule has 2 aromatic heterocycles. The van der Waals surface area contributed by atoms with E-state index < -0.39 is 0 Å². The molecule has 1 saturated heterocycles. The molecule has 128 valence electrons. The van der Waals surface area contributed by atoms with Crippen LogP contribution in [-0.2, 0) is 0 Å². The highest BCUT2D eigenvalue weighted by Gasteiger charge is 2.20. The number of pyridine rings is 1. The minimum absolute atomic E-state index is 0.847. The van der Waals surface area contributed by atoms with E-state index in [1.54, 1.807) is 24.6 Å². The number of hydrogen-bond donors (Lipinski definition) is 0. The van der Waals surface area contributed by atoms with Crippen LogP contribution >= 0.6 is 11.3 Å². The first-order valence-electron chi connectivity index (χ1n) is 8.34. The van der Waals surface area contributed by atoms with Crippen molar-refractivity contribution in [1.82, 2.24) is 9.97 Å². The molecule has 0 N–H and O–H groups in total. The molecule has 0 atom stereocenters. The molecule has 0 spiro atoms. The third kappa shape index (κ3) is 3.44. The van der Waals surface area contributed by atoms with Crippen molar-refractivity contribution in [3.63, 3.8) is 0 Å². The van der Waals surface area contributed by atoms with Crippen molar-refractivity contribution in [1.29, 1.82) is 0 Å². The van der Waals surface area contributed by atoms with Crippen molar-refractivity contribution < 1.29 is 4.74 Å². The van der Waals surface area contributed by atoms with Gasteiger partial charge >= 0.3 is 0 Å². The Balaban J connectivity index is 1.43. The Morgan fingerprint density at radius 3 is 2.52 bits per heavy atom. The Bertz CT molecular complexity index is 828. The smallest absolute Gasteiger partial charge is 0.185 e. The summed E-state index contributed by atoms with van der Waals surface area (Å²) in [5.74, 6) is 1.82. The van der Waals surface area contributed by atoms with Gasteiger partial charge < -0.3 is 14.5 Å². The van der Waals surface area contributed by atoms with Crippen molar-refractivity contribution in [2.75, 3.05) is 43.1 Å². The number of benzene rings is 1. The lowest BCUT2D eigenvalue weighted by Gasteiger charge is -2.35. The summed E-state index contributed by atoms with van der Waals surface area (Å²) < 4.78 is 5.30. The SMILES string of the molecule is COc1ccnc(N2CCN(c3nc(-c4ccccc4)cs3)CC2)c1. The second kappa shape index (κ2) is 7.11. The minimum Gasteiger partial charge on any atom is -0.497 e. The molecule has 1 aromatic carbocycles. The molecule has 0 unspecified atom stereocenters. The molecule has 0 saturated carbocycles. The molecule has 6 heteroatoms. The van der Waals surface area contributed by atoms with Crippen molar-refractivity contribution in [2.45, 2.75) is 0 Å². The van der Waals surface area contributed by atoms with E-state index in [4.69, 9.17) is 9.72 Å². The highest BCUT2D eigenvalue weighted by atomic mass is 32.1. The molecular weight excluding hydrogens is 332 g/mol. The lowest BCUT2D eigenvalue weighted by molar-refractivity contribution is 0.414. The highest BCUT2D eigenvalue weighted by Crippen LogP contribution is 2.28. The van der Waals surface area contributed by atoms with Crippen molar-refractivity contribution >= 4 is 22.3 Å². The lowest BCUT2D eigenvalue weighted by Crippen LogP contribution is -2.46. The van der Waals surface area contributed by atoms with Gasteiger partial charge in [0.1, 0.15) is 11.6 Å². The van der Waals surface area contributed by atoms with E-state index >= 15 is 0 Å². The zero-order chi connectivity index (χ0) is 17.1. The van der Waals surface area contributed by atoms with Crippen LogP contribution in [0.2, 0.25) is 0 Å². The van der Waals surface area contributed by atoms with Gasteiger partial charge in [-0.25, -0.2) is 9.97 Å². The van der Waals surface area contributed by atoms with Gasteiger partial charge in [-0.2, -0.15) is 0 Å². The number of anilines is 2. The summed E-state index contributed by atoms with van der Waals surface area (Å²) in [6, 6.07) is 14.2. The molecule has 0 amide bonds. The van der Waals surface area contributed by atoms with Gasteiger partial charge in [-0.15, -0.1) is 11.3 Å². The van der Waals surface area contributed by atoms with E-state index in [0.29, 0.717) is 0 Å². The largest absolute Gasteiger partial charge is 0.497 e. The summed E-state index contributed by atoms with van der Waals surface area (Å²) in [5.41, 5.74) is 2.22. The summed E-state index contributed by atoms with van der Waals surface area (Å²) in [5, 5.41) is 3.23. The molecule has 0 radical (unpaired) electrons. The maximum atomic E-state index is 5.30. The van der Waals surface area contributed by atoms with E-state index in [-0.39, 0.29) is 0 Å².